The lowest BCUT2D eigenvalue weighted by Gasteiger charge is -2.42. The van der Waals surface area contributed by atoms with Gasteiger partial charge in [0.05, 0.1) is 25.5 Å². The number of likely N-dealkylation sites (tertiary alicyclic amines) is 1. The highest BCUT2D eigenvalue weighted by Gasteiger charge is 2.56. The van der Waals surface area contributed by atoms with E-state index in [4.69, 9.17) is 4.74 Å². The van der Waals surface area contributed by atoms with E-state index >= 15 is 0 Å². The van der Waals surface area contributed by atoms with Crippen LogP contribution in [0.5, 0.6) is 11.5 Å². The summed E-state index contributed by atoms with van der Waals surface area (Å²) in [5.41, 5.74) is 3.15. The third-order valence-electron chi connectivity index (χ3n) is 8.39. The van der Waals surface area contributed by atoms with Crippen LogP contribution in [0, 0.1) is 17.8 Å². The van der Waals surface area contributed by atoms with Crippen LogP contribution < -0.4 is 4.74 Å². The molecule has 0 saturated carbocycles. The van der Waals surface area contributed by atoms with E-state index in [1.807, 2.05) is 36.4 Å². The SMILES string of the molecule is COc1ccc(O)c(C2C3=CCC4C(=O)N(Cc5ccccc5)C(=O)C4C3CC3=C2C(=O)C(C)=CC3=O)c1. The van der Waals surface area contributed by atoms with Crippen molar-refractivity contribution in [2.24, 2.45) is 17.8 Å². The number of Topliss-reactive ketones (excluding diaryl/α,β-unsaturated/α-hetero) is 1. The number of ether oxygens (including phenoxy) is 1. The molecule has 0 spiro atoms. The second-order valence-corrected chi connectivity index (χ2v) is 10.4. The third kappa shape index (κ3) is 3.56. The summed E-state index contributed by atoms with van der Waals surface area (Å²) in [7, 11) is 1.52. The molecule has 4 atom stereocenters. The summed E-state index contributed by atoms with van der Waals surface area (Å²) < 4.78 is 5.40. The smallest absolute Gasteiger partial charge is 0.234 e. The van der Waals surface area contributed by atoms with Gasteiger partial charge in [-0.05, 0) is 55.5 Å². The molecule has 3 aliphatic carbocycles. The van der Waals surface area contributed by atoms with Crippen molar-refractivity contribution in [2.75, 3.05) is 7.11 Å². The number of phenolic OH excluding ortho intramolecular Hbond substituents is 1. The number of imide groups is 1. The maximum atomic E-state index is 13.8. The van der Waals surface area contributed by atoms with Gasteiger partial charge < -0.3 is 9.84 Å². The minimum atomic E-state index is -0.717. The van der Waals surface area contributed by atoms with Gasteiger partial charge >= 0.3 is 0 Å². The molecule has 1 N–H and O–H groups in total. The molecule has 1 fully saturated rings. The predicted molar refractivity (Wildman–Crippen MR) is 138 cm³/mol. The first-order valence-electron chi connectivity index (χ1n) is 12.8. The molecule has 1 saturated heterocycles. The van der Waals surface area contributed by atoms with Gasteiger partial charge in [-0.15, -0.1) is 0 Å². The third-order valence-corrected chi connectivity index (χ3v) is 8.39. The van der Waals surface area contributed by atoms with Gasteiger partial charge in [-0.3, -0.25) is 24.1 Å². The molecule has 192 valence electrons. The number of aromatic hydroxyl groups is 1. The number of amides is 2. The van der Waals surface area contributed by atoms with E-state index in [9.17, 15) is 24.3 Å². The molecule has 4 aliphatic rings. The van der Waals surface area contributed by atoms with Crippen LogP contribution in [-0.2, 0) is 25.7 Å². The van der Waals surface area contributed by atoms with E-state index in [-0.39, 0.29) is 42.1 Å². The number of rotatable bonds is 4. The summed E-state index contributed by atoms with van der Waals surface area (Å²) in [5, 5.41) is 10.9. The molecule has 38 heavy (non-hydrogen) atoms. The molecule has 0 radical (unpaired) electrons. The highest BCUT2D eigenvalue weighted by Crippen LogP contribution is 2.56. The summed E-state index contributed by atoms with van der Waals surface area (Å²) in [4.78, 5) is 55.3. The van der Waals surface area contributed by atoms with Crippen LogP contribution in [0.25, 0.3) is 0 Å². The second kappa shape index (κ2) is 8.94. The fraction of sp³-hybridized carbons (Fsp3) is 0.290. The Kier molecular flexibility index (Phi) is 5.67. The number of carbonyl (C=O) groups is 4. The maximum absolute atomic E-state index is 13.8. The van der Waals surface area contributed by atoms with E-state index in [0.717, 1.165) is 11.1 Å². The van der Waals surface area contributed by atoms with Gasteiger partial charge in [0.2, 0.25) is 11.8 Å². The van der Waals surface area contributed by atoms with Crippen molar-refractivity contribution in [2.45, 2.75) is 32.2 Å². The second-order valence-electron chi connectivity index (χ2n) is 10.4. The van der Waals surface area contributed by atoms with Gasteiger partial charge in [0.1, 0.15) is 11.5 Å². The average molecular weight is 510 g/mol. The zero-order valence-electron chi connectivity index (χ0n) is 21.1. The highest BCUT2D eigenvalue weighted by molar-refractivity contribution is 6.24. The van der Waals surface area contributed by atoms with Crippen molar-refractivity contribution >= 4 is 23.4 Å². The van der Waals surface area contributed by atoms with E-state index in [0.29, 0.717) is 34.5 Å². The molecule has 0 bridgehead atoms. The number of hydrogen-bond donors (Lipinski definition) is 1. The topological polar surface area (TPSA) is 101 Å². The summed E-state index contributed by atoms with van der Waals surface area (Å²) in [5.74, 6) is -2.80. The standard InChI is InChI=1S/C31H27NO6/c1-16-12-25(34)23-14-21-19(26(28(23)29(16)35)22-13-18(38-2)8-11-24(22)33)9-10-20-27(21)31(37)32(30(20)36)15-17-6-4-3-5-7-17/h3-9,11-13,20-21,26-27,33H,10,14-15H2,1-2H3. The first-order valence-corrected chi connectivity index (χ1v) is 12.8. The summed E-state index contributed by atoms with van der Waals surface area (Å²) in [6.45, 7) is 1.81. The number of carbonyl (C=O) groups excluding carboxylic acids is 4. The molecule has 2 amide bonds. The molecular weight excluding hydrogens is 482 g/mol. The fourth-order valence-corrected chi connectivity index (χ4v) is 6.59. The predicted octanol–water partition coefficient (Wildman–Crippen LogP) is 4.03. The number of ketones is 2. The highest BCUT2D eigenvalue weighted by atomic mass is 16.5. The minimum Gasteiger partial charge on any atom is -0.508 e. The molecule has 4 unspecified atom stereocenters. The maximum Gasteiger partial charge on any atom is 0.234 e. The van der Waals surface area contributed by atoms with E-state index in [1.165, 1.54) is 24.2 Å². The molecule has 0 aromatic heterocycles. The Morgan fingerprint density at radius 2 is 1.76 bits per heavy atom. The average Bonchev–Trinajstić information content (AvgIpc) is 3.16. The van der Waals surface area contributed by atoms with E-state index in [1.54, 1.807) is 19.1 Å². The largest absolute Gasteiger partial charge is 0.508 e. The Labute approximate surface area is 220 Å². The van der Waals surface area contributed by atoms with Crippen LogP contribution in [0.1, 0.15) is 36.8 Å². The fourth-order valence-electron chi connectivity index (χ4n) is 6.59. The number of benzene rings is 2. The van der Waals surface area contributed by atoms with Crippen LogP contribution >= 0.6 is 0 Å². The number of fused-ring (bicyclic) bond motifs is 3. The molecular formula is C31H27NO6. The van der Waals surface area contributed by atoms with Gasteiger partial charge in [0.15, 0.2) is 11.6 Å². The first kappa shape index (κ1) is 24.1. The number of phenols is 1. The monoisotopic (exact) mass is 509 g/mol. The lowest BCUT2D eigenvalue weighted by Crippen LogP contribution is -2.39. The Bertz CT molecular complexity index is 1500. The van der Waals surface area contributed by atoms with Gasteiger partial charge in [0, 0.05) is 28.2 Å². The van der Waals surface area contributed by atoms with Gasteiger partial charge in [-0.1, -0.05) is 42.0 Å². The summed E-state index contributed by atoms with van der Waals surface area (Å²) in [6.07, 6.45) is 3.85. The van der Waals surface area contributed by atoms with Gasteiger partial charge in [0.25, 0.3) is 0 Å². The Balaban J connectivity index is 1.47. The van der Waals surface area contributed by atoms with Gasteiger partial charge in [-0.25, -0.2) is 0 Å². The molecule has 1 heterocycles. The van der Waals surface area contributed by atoms with E-state index < -0.39 is 23.7 Å². The van der Waals surface area contributed by atoms with Crippen molar-refractivity contribution in [3.8, 4) is 11.5 Å². The Hall–Kier alpha value is -4.26. The van der Waals surface area contributed by atoms with Crippen molar-refractivity contribution in [1.29, 1.82) is 0 Å². The Morgan fingerprint density at radius 1 is 1.00 bits per heavy atom. The number of methoxy groups -OCH3 is 1. The van der Waals surface area contributed by atoms with Crippen LogP contribution in [0.3, 0.4) is 0 Å². The molecule has 6 rings (SSSR count). The number of hydrogen-bond acceptors (Lipinski definition) is 6. The van der Waals surface area contributed by atoms with Crippen molar-refractivity contribution < 1.29 is 29.0 Å². The minimum absolute atomic E-state index is 0.0293. The molecule has 2 aromatic rings. The van der Waals surface area contributed by atoms with Crippen molar-refractivity contribution in [3.63, 3.8) is 0 Å². The van der Waals surface area contributed by atoms with Crippen LogP contribution in [-0.4, -0.2) is 40.5 Å². The summed E-state index contributed by atoms with van der Waals surface area (Å²) >= 11 is 0. The van der Waals surface area contributed by atoms with Gasteiger partial charge in [-0.2, -0.15) is 0 Å². The number of allylic oxidation sites excluding steroid dienone is 6. The zero-order chi connectivity index (χ0) is 26.7. The number of nitrogens with zero attached hydrogens (tertiary/aromatic N) is 1. The van der Waals surface area contributed by atoms with Crippen molar-refractivity contribution in [1.82, 2.24) is 4.90 Å². The molecule has 7 nitrogen and oxygen atoms in total. The normalized spacial score (nSPS) is 26.5. The lowest BCUT2D eigenvalue weighted by molar-refractivity contribution is -0.140. The molecule has 2 aromatic carbocycles. The lowest BCUT2D eigenvalue weighted by atomic mass is 9.59. The molecule has 1 aliphatic heterocycles. The van der Waals surface area contributed by atoms with E-state index in [2.05, 4.69) is 0 Å². The van der Waals surface area contributed by atoms with Crippen LogP contribution in [0.4, 0.5) is 0 Å². The summed E-state index contributed by atoms with van der Waals surface area (Å²) in [6, 6.07) is 14.2. The van der Waals surface area contributed by atoms with Crippen LogP contribution in [0.15, 0.2) is 83.0 Å². The Morgan fingerprint density at radius 3 is 2.50 bits per heavy atom. The van der Waals surface area contributed by atoms with Crippen molar-refractivity contribution in [3.05, 3.63) is 94.1 Å². The molecule has 7 heteroatoms. The zero-order valence-corrected chi connectivity index (χ0v) is 21.1. The first-order chi connectivity index (χ1) is 18.3. The quantitative estimate of drug-likeness (QED) is 0.380. The van der Waals surface area contributed by atoms with Crippen LogP contribution in [0.2, 0.25) is 0 Å².